The van der Waals surface area contributed by atoms with Crippen molar-refractivity contribution in [2.45, 2.75) is 32.1 Å². The molecule has 0 aromatic carbocycles. The van der Waals surface area contributed by atoms with Gasteiger partial charge in [-0.1, -0.05) is 13.8 Å². The third-order valence-corrected chi connectivity index (χ3v) is 7.74. The topological polar surface area (TPSA) is 126 Å². The highest BCUT2D eigenvalue weighted by Crippen LogP contribution is 2.30. The second-order valence-corrected chi connectivity index (χ2v) is 9.77. The summed E-state index contributed by atoms with van der Waals surface area (Å²) in [7, 11) is -2.07. The molecular formula is C21H29N7O4S. The molecule has 33 heavy (non-hydrogen) atoms. The van der Waals surface area contributed by atoms with Crippen molar-refractivity contribution in [3.63, 3.8) is 0 Å². The zero-order valence-corrected chi connectivity index (χ0v) is 20.1. The molecule has 0 atom stereocenters. The molecule has 0 aliphatic carbocycles. The lowest BCUT2D eigenvalue weighted by molar-refractivity contribution is 0.196. The van der Waals surface area contributed by atoms with E-state index in [1.165, 1.54) is 21.3 Å². The summed E-state index contributed by atoms with van der Waals surface area (Å²) in [6.07, 6.45) is 1.90. The number of pyridine rings is 1. The smallest absolute Gasteiger partial charge is 0.277 e. The second kappa shape index (κ2) is 9.20. The summed E-state index contributed by atoms with van der Waals surface area (Å²) in [5, 5.41) is 4.37. The van der Waals surface area contributed by atoms with Crippen LogP contribution >= 0.6 is 0 Å². The molecule has 4 heterocycles. The Morgan fingerprint density at radius 3 is 2.52 bits per heavy atom. The monoisotopic (exact) mass is 475 g/mol. The van der Waals surface area contributed by atoms with Crippen molar-refractivity contribution < 1.29 is 13.2 Å². The molecule has 11 nitrogen and oxygen atoms in total. The number of nitrogens with zero attached hydrogens (tertiary/aromatic N) is 6. The van der Waals surface area contributed by atoms with Gasteiger partial charge in [0, 0.05) is 33.2 Å². The summed E-state index contributed by atoms with van der Waals surface area (Å²) in [6.45, 7) is 9.19. The third-order valence-electron chi connectivity index (χ3n) is 5.88. The standard InChI is InChI=1S/C21H29N7O4S/c1-5-16-17-18(26(4)25-16)20(29)24-19(23-17)15-12-14(13-22-21(15)32-7-3)33(30,31)28-10-8-27(6-2)9-11-28/h12-13H,5-11H2,1-4H3,(H,23,24,29). The third kappa shape index (κ3) is 4.25. The van der Waals surface area contributed by atoms with Gasteiger partial charge in [0.2, 0.25) is 15.9 Å². The Labute approximate surface area is 192 Å². The van der Waals surface area contributed by atoms with Crippen LogP contribution in [0.1, 0.15) is 26.5 Å². The van der Waals surface area contributed by atoms with E-state index < -0.39 is 10.0 Å². The number of aromatic nitrogens is 5. The minimum atomic E-state index is -3.76. The van der Waals surface area contributed by atoms with E-state index in [2.05, 4.69) is 31.9 Å². The first kappa shape index (κ1) is 23.3. The number of aryl methyl sites for hydroxylation is 2. The molecule has 1 N–H and O–H groups in total. The Hall–Kier alpha value is -2.83. The van der Waals surface area contributed by atoms with Crippen LogP contribution in [0.3, 0.4) is 0 Å². The molecule has 3 aromatic rings. The number of piperazine rings is 1. The maximum Gasteiger partial charge on any atom is 0.277 e. The number of likely N-dealkylation sites (N-methyl/N-ethyl adjacent to an activating group) is 1. The van der Waals surface area contributed by atoms with Gasteiger partial charge in [-0.3, -0.25) is 9.48 Å². The van der Waals surface area contributed by atoms with Gasteiger partial charge in [0.1, 0.15) is 16.2 Å². The number of sulfonamides is 1. The summed E-state index contributed by atoms with van der Waals surface area (Å²) >= 11 is 0. The molecule has 1 aliphatic rings. The average Bonchev–Trinajstić information content (AvgIpc) is 3.15. The van der Waals surface area contributed by atoms with E-state index in [0.29, 0.717) is 61.5 Å². The molecule has 0 radical (unpaired) electrons. The van der Waals surface area contributed by atoms with Gasteiger partial charge in [-0.15, -0.1) is 0 Å². The van der Waals surface area contributed by atoms with Gasteiger partial charge in [0.15, 0.2) is 5.52 Å². The first-order valence-corrected chi connectivity index (χ1v) is 12.6. The Morgan fingerprint density at radius 1 is 1.15 bits per heavy atom. The van der Waals surface area contributed by atoms with Crippen LogP contribution in [0.2, 0.25) is 0 Å². The predicted molar refractivity (Wildman–Crippen MR) is 124 cm³/mol. The lowest BCUT2D eigenvalue weighted by atomic mass is 10.2. The summed E-state index contributed by atoms with van der Waals surface area (Å²) in [6, 6.07) is 1.48. The molecule has 178 valence electrons. The van der Waals surface area contributed by atoms with E-state index in [9.17, 15) is 13.2 Å². The van der Waals surface area contributed by atoms with E-state index in [1.807, 2.05) is 6.92 Å². The van der Waals surface area contributed by atoms with Gasteiger partial charge >= 0.3 is 0 Å². The number of ether oxygens (including phenoxy) is 1. The Morgan fingerprint density at radius 2 is 1.88 bits per heavy atom. The van der Waals surface area contributed by atoms with Gasteiger partial charge in [-0.25, -0.2) is 18.4 Å². The maximum absolute atomic E-state index is 13.3. The zero-order chi connectivity index (χ0) is 23.8. The Balaban J connectivity index is 1.82. The molecule has 1 aliphatic heterocycles. The van der Waals surface area contributed by atoms with E-state index in [-0.39, 0.29) is 22.2 Å². The van der Waals surface area contributed by atoms with Crippen molar-refractivity contribution in [2.75, 3.05) is 39.3 Å². The molecule has 12 heteroatoms. The number of aromatic amines is 1. The highest BCUT2D eigenvalue weighted by atomic mass is 32.2. The first-order chi connectivity index (χ1) is 15.8. The van der Waals surface area contributed by atoms with Crippen LogP contribution < -0.4 is 10.3 Å². The molecule has 0 unspecified atom stereocenters. The number of nitrogens with one attached hydrogen (secondary N) is 1. The normalized spacial score (nSPS) is 15.9. The van der Waals surface area contributed by atoms with Gasteiger partial charge in [0.25, 0.3) is 5.56 Å². The van der Waals surface area contributed by atoms with Crippen molar-refractivity contribution in [2.24, 2.45) is 7.05 Å². The molecule has 0 bridgehead atoms. The minimum absolute atomic E-state index is 0.0375. The van der Waals surface area contributed by atoms with Gasteiger partial charge in [0.05, 0.1) is 24.1 Å². The average molecular weight is 476 g/mol. The SMILES string of the molecule is CCOc1ncc(S(=O)(=O)N2CCN(CC)CC2)cc1-c1nc2c(CC)nn(C)c2c(=O)[nH]1. The Kier molecular flexibility index (Phi) is 6.50. The Bertz CT molecular complexity index is 1320. The van der Waals surface area contributed by atoms with Crippen LogP contribution in [0.4, 0.5) is 0 Å². The van der Waals surface area contributed by atoms with E-state index in [4.69, 9.17) is 4.74 Å². The zero-order valence-electron chi connectivity index (χ0n) is 19.3. The number of H-pyrrole nitrogens is 1. The van der Waals surface area contributed by atoms with E-state index in [0.717, 1.165) is 6.54 Å². The van der Waals surface area contributed by atoms with Crippen LogP contribution in [-0.4, -0.2) is 81.7 Å². The van der Waals surface area contributed by atoms with Gasteiger partial charge < -0.3 is 14.6 Å². The summed E-state index contributed by atoms with van der Waals surface area (Å²) in [5.41, 5.74) is 1.47. The van der Waals surface area contributed by atoms with Crippen LogP contribution in [0.25, 0.3) is 22.4 Å². The lowest BCUT2D eigenvalue weighted by Gasteiger charge is -2.33. The summed E-state index contributed by atoms with van der Waals surface area (Å²) < 4.78 is 35.3. The van der Waals surface area contributed by atoms with Crippen LogP contribution in [0, 0.1) is 0 Å². The molecule has 0 spiro atoms. The van der Waals surface area contributed by atoms with Crippen LogP contribution in [0.15, 0.2) is 22.0 Å². The largest absolute Gasteiger partial charge is 0.477 e. The van der Waals surface area contributed by atoms with Crippen molar-refractivity contribution in [1.29, 1.82) is 0 Å². The van der Waals surface area contributed by atoms with Crippen molar-refractivity contribution in [1.82, 2.24) is 33.9 Å². The van der Waals surface area contributed by atoms with E-state index in [1.54, 1.807) is 14.0 Å². The van der Waals surface area contributed by atoms with Crippen LogP contribution in [-0.2, 0) is 23.5 Å². The van der Waals surface area contributed by atoms with Crippen LogP contribution in [0.5, 0.6) is 5.88 Å². The van der Waals surface area contributed by atoms with Crippen molar-refractivity contribution in [3.05, 3.63) is 28.3 Å². The lowest BCUT2D eigenvalue weighted by Crippen LogP contribution is -2.48. The fourth-order valence-electron chi connectivity index (χ4n) is 4.04. The number of rotatable bonds is 7. The molecule has 0 amide bonds. The van der Waals surface area contributed by atoms with Gasteiger partial charge in [-0.05, 0) is 26.0 Å². The first-order valence-electron chi connectivity index (χ1n) is 11.1. The highest BCUT2D eigenvalue weighted by Gasteiger charge is 2.30. The molecule has 0 saturated carbocycles. The number of hydrogen-bond acceptors (Lipinski definition) is 8. The van der Waals surface area contributed by atoms with Gasteiger partial charge in [-0.2, -0.15) is 9.40 Å². The highest BCUT2D eigenvalue weighted by molar-refractivity contribution is 7.89. The fraction of sp³-hybridized carbons (Fsp3) is 0.524. The van der Waals surface area contributed by atoms with Crippen molar-refractivity contribution >= 4 is 21.1 Å². The minimum Gasteiger partial charge on any atom is -0.477 e. The predicted octanol–water partition coefficient (Wildman–Crippen LogP) is 1.01. The quantitative estimate of drug-likeness (QED) is 0.536. The molecule has 1 fully saturated rings. The maximum atomic E-state index is 13.3. The summed E-state index contributed by atoms with van der Waals surface area (Å²) in [4.78, 5) is 26.7. The summed E-state index contributed by atoms with van der Waals surface area (Å²) in [5.74, 6) is 0.399. The number of fused-ring (bicyclic) bond motifs is 1. The van der Waals surface area contributed by atoms with Crippen molar-refractivity contribution in [3.8, 4) is 17.3 Å². The van der Waals surface area contributed by atoms with E-state index >= 15 is 0 Å². The molecule has 1 saturated heterocycles. The number of hydrogen-bond donors (Lipinski definition) is 1. The molecule has 4 rings (SSSR count). The second-order valence-electron chi connectivity index (χ2n) is 7.83. The fourth-order valence-corrected chi connectivity index (χ4v) is 5.44. The molecule has 3 aromatic heterocycles. The molecular weight excluding hydrogens is 446 g/mol.